The van der Waals surface area contributed by atoms with Crippen molar-refractivity contribution in [2.45, 2.75) is 6.61 Å². The predicted octanol–water partition coefficient (Wildman–Crippen LogP) is 4.59. The lowest BCUT2D eigenvalue weighted by molar-refractivity contribution is -0.384. The Labute approximate surface area is 171 Å². The van der Waals surface area contributed by atoms with E-state index in [0.717, 1.165) is 5.56 Å². The van der Waals surface area contributed by atoms with Crippen molar-refractivity contribution in [3.8, 4) is 5.75 Å². The van der Waals surface area contributed by atoms with Crippen LogP contribution in [0.25, 0.3) is 0 Å². The van der Waals surface area contributed by atoms with E-state index in [9.17, 15) is 14.9 Å². The molecule has 3 rings (SSSR count). The lowest BCUT2D eigenvalue weighted by Crippen LogP contribution is -2.17. The van der Waals surface area contributed by atoms with Gasteiger partial charge in [0.1, 0.15) is 12.4 Å². The SMILES string of the molecule is O=C(N/N=C/c1ccc([N+](=O)[O-])cc1)c1ccc(COc2ccc(Cl)cc2)cc1. The molecular weight excluding hydrogens is 394 g/mol. The number of amides is 1. The third-order valence-corrected chi connectivity index (χ3v) is 4.17. The van der Waals surface area contributed by atoms with Crippen molar-refractivity contribution in [3.05, 3.63) is 105 Å². The van der Waals surface area contributed by atoms with Gasteiger partial charge in [0.2, 0.25) is 0 Å². The number of hydrazone groups is 1. The minimum atomic E-state index is -0.479. The van der Waals surface area contributed by atoms with Crippen LogP contribution >= 0.6 is 11.6 Å². The fourth-order valence-electron chi connectivity index (χ4n) is 2.36. The molecule has 0 aliphatic carbocycles. The smallest absolute Gasteiger partial charge is 0.271 e. The van der Waals surface area contributed by atoms with Crippen LogP contribution in [0.4, 0.5) is 5.69 Å². The minimum absolute atomic E-state index is 0.00804. The van der Waals surface area contributed by atoms with E-state index in [1.54, 1.807) is 60.7 Å². The fraction of sp³-hybridized carbons (Fsp3) is 0.0476. The van der Waals surface area contributed by atoms with Crippen molar-refractivity contribution < 1.29 is 14.5 Å². The van der Waals surface area contributed by atoms with E-state index in [1.807, 2.05) is 0 Å². The molecule has 0 fully saturated rings. The van der Waals surface area contributed by atoms with E-state index >= 15 is 0 Å². The molecule has 3 aromatic rings. The Morgan fingerprint density at radius 1 is 1.03 bits per heavy atom. The number of nitro benzene ring substituents is 1. The van der Waals surface area contributed by atoms with Crippen molar-refractivity contribution in [3.63, 3.8) is 0 Å². The van der Waals surface area contributed by atoms with E-state index in [4.69, 9.17) is 16.3 Å². The minimum Gasteiger partial charge on any atom is -0.489 e. The summed E-state index contributed by atoms with van der Waals surface area (Å²) in [7, 11) is 0. The number of hydrogen-bond acceptors (Lipinski definition) is 5. The third-order valence-electron chi connectivity index (χ3n) is 3.92. The standard InChI is InChI=1S/C21H16ClN3O4/c22-18-7-11-20(12-8-18)29-14-16-1-5-17(6-2-16)21(26)24-23-13-15-3-9-19(10-4-15)25(27)28/h1-13H,14H2,(H,24,26)/b23-13+. The molecule has 0 aromatic heterocycles. The first-order valence-corrected chi connectivity index (χ1v) is 8.94. The highest BCUT2D eigenvalue weighted by molar-refractivity contribution is 6.30. The monoisotopic (exact) mass is 409 g/mol. The van der Waals surface area contributed by atoms with Crippen LogP contribution in [0.1, 0.15) is 21.5 Å². The van der Waals surface area contributed by atoms with Gasteiger partial charge in [-0.05, 0) is 59.7 Å². The summed E-state index contributed by atoms with van der Waals surface area (Å²) in [5.74, 6) is 0.338. The van der Waals surface area contributed by atoms with Gasteiger partial charge in [-0.25, -0.2) is 5.43 Å². The zero-order valence-corrected chi connectivity index (χ0v) is 15.9. The predicted molar refractivity (Wildman–Crippen MR) is 110 cm³/mol. The molecule has 0 aliphatic heterocycles. The number of benzene rings is 3. The van der Waals surface area contributed by atoms with E-state index in [-0.39, 0.29) is 11.6 Å². The number of nitrogens with zero attached hydrogens (tertiary/aromatic N) is 2. The average Bonchev–Trinajstić information content (AvgIpc) is 2.74. The second-order valence-electron chi connectivity index (χ2n) is 5.99. The van der Waals surface area contributed by atoms with Crippen LogP contribution in [-0.4, -0.2) is 17.0 Å². The molecule has 3 aromatic carbocycles. The molecule has 0 saturated carbocycles. The number of halogens is 1. The number of nitro groups is 1. The van der Waals surface area contributed by atoms with Gasteiger partial charge in [-0.3, -0.25) is 14.9 Å². The molecule has 0 spiro atoms. The number of hydrogen-bond donors (Lipinski definition) is 1. The first kappa shape index (κ1) is 20.0. The quantitative estimate of drug-likeness (QED) is 0.351. The van der Waals surface area contributed by atoms with Gasteiger partial charge in [0.15, 0.2) is 0 Å². The van der Waals surface area contributed by atoms with Crippen molar-refractivity contribution in [1.29, 1.82) is 0 Å². The molecule has 0 radical (unpaired) electrons. The molecule has 0 unspecified atom stereocenters. The van der Waals surface area contributed by atoms with E-state index < -0.39 is 4.92 Å². The Bertz CT molecular complexity index is 1020. The molecule has 0 atom stereocenters. The van der Waals surface area contributed by atoms with E-state index in [2.05, 4.69) is 10.5 Å². The molecule has 146 valence electrons. The van der Waals surface area contributed by atoms with Crippen LogP contribution in [0.2, 0.25) is 5.02 Å². The molecule has 0 bridgehead atoms. The van der Waals surface area contributed by atoms with Gasteiger partial charge in [0.25, 0.3) is 11.6 Å². The van der Waals surface area contributed by atoms with Crippen molar-refractivity contribution in [1.82, 2.24) is 5.43 Å². The Morgan fingerprint density at radius 2 is 1.69 bits per heavy atom. The summed E-state index contributed by atoms with van der Waals surface area (Å²) in [5.41, 5.74) is 4.40. The highest BCUT2D eigenvalue weighted by Crippen LogP contribution is 2.17. The van der Waals surface area contributed by atoms with Gasteiger partial charge in [-0.1, -0.05) is 23.7 Å². The average molecular weight is 410 g/mol. The molecule has 8 heteroatoms. The summed E-state index contributed by atoms with van der Waals surface area (Å²) in [6, 6.07) is 19.8. The van der Waals surface area contributed by atoms with Gasteiger partial charge in [0, 0.05) is 22.7 Å². The maximum atomic E-state index is 12.1. The zero-order valence-electron chi connectivity index (χ0n) is 15.1. The molecule has 0 saturated heterocycles. The molecule has 1 N–H and O–H groups in total. The summed E-state index contributed by atoms with van der Waals surface area (Å²) < 4.78 is 5.66. The Hall–Kier alpha value is -3.71. The summed E-state index contributed by atoms with van der Waals surface area (Å²) in [5, 5.41) is 15.1. The van der Waals surface area contributed by atoms with E-state index in [1.165, 1.54) is 18.3 Å². The molecule has 29 heavy (non-hydrogen) atoms. The number of nitrogens with one attached hydrogen (secondary N) is 1. The molecule has 1 amide bonds. The summed E-state index contributed by atoms with van der Waals surface area (Å²) in [6.45, 7) is 0.363. The highest BCUT2D eigenvalue weighted by Gasteiger charge is 2.05. The maximum Gasteiger partial charge on any atom is 0.271 e. The fourth-order valence-corrected chi connectivity index (χ4v) is 2.49. The Balaban J connectivity index is 1.51. The van der Waals surface area contributed by atoms with Crippen LogP contribution < -0.4 is 10.2 Å². The van der Waals surface area contributed by atoms with Gasteiger partial charge in [-0.15, -0.1) is 0 Å². The van der Waals surface area contributed by atoms with Crippen LogP contribution in [0.15, 0.2) is 77.9 Å². The van der Waals surface area contributed by atoms with Crippen molar-refractivity contribution >= 4 is 29.4 Å². The van der Waals surface area contributed by atoms with Crippen LogP contribution in [-0.2, 0) is 6.61 Å². The second-order valence-corrected chi connectivity index (χ2v) is 6.42. The van der Waals surface area contributed by atoms with Gasteiger partial charge >= 0.3 is 0 Å². The lowest BCUT2D eigenvalue weighted by atomic mass is 10.1. The first-order valence-electron chi connectivity index (χ1n) is 8.56. The molecule has 0 aliphatic rings. The third kappa shape index (κ3) is 5.88. The molecular formula is C21H16ClN3O4. The van der Waals surface area contributed by atoms with Crippen molar-refractivity contribution in [2.24, 2.45) is 5.10 Å². The number of carbonyl (C=O) groups is 1. The lowest BCUT2D eigenvalue weighted by Gasteiger charge is -2.07. The normalized spacial score (nSPS) is 10.7. The number of non-ortho nitro benzene ring substituents is 1. The van der Waals surface area contributed by atoms with E-state index in [0.29, 0.717) is 28.5 Å². The summed E-state index contributed by atoms with van der Waals surface area (Å²) in [6.07, 6.45) is 1.41. The first-order chi connectivity index (χ1) is 14.0. The number of carbonyl (C=O) groups excluding carboxylic acids is 1. The van der Waals surface area contributed by atoms with Crippen molar-refractivity contribution in [2.75, 3.05) is 0 Å². The van der Waals surface area contributed by atoms with Crippen LogP contribution in [0.5, 0.6) is 5.75 Å². The summed E-state index contributed by atoms with van der Waals surface area (Å²) >= 11 is 5.84. The Morgan fingerprint density at radius 3 is 2.31 bits per heavy atom. The number of rotatable bonds is 7. The maximum absolute atomic E-state index is 12.1. The molecule has 7 nitrogen and oxygen atoms in total. The topological polar surface area (TPSA) is 93.8 Å². The van der Waals surface area contributed by atoms with Gasteiger partial charge in [0.05, 0.1) is 11.1 Å². The van der Waals surface area contributed by atoms with Gasteiger partial charge in [-0.2, -0.15) is 5.10 Å². The zero-order chi connectivity index (χ0) is 20.6. The van der Waals surface area contributed by atoms with Crippen LogP contribution in [0, 0.1) is 10.1 Å². The van der Waals surface area contributed by atoms with Gasteiger partial charge < -0.3 is 4.74 Å². The largest absolute Gasteiger partial charge is 0.489 e. The van der Waals surface area contributed by atoms with Crippen LogP contribution in [0.3, 0.4) is 0 Å². The molecule has 0 heterocycles. The highest BCUT2D eigenvalue weighted by atomic mass is 35.5. The number of ether oxygens (including phenoxy) is 1. The summed E-state index contributed by atoms with van der Waals surface area (Å²) in [4.78, 5) is 22.3. The second kappa shape index (κ2) is 9.48. The Kier molecular flexibility index (Phi) is 6.55.